The average Bonchev–Trinajstić information content (AvgIpc) is 3.09. The van der Waals surface area contributed by atoms with Crippen molar-refractivity contribution in [2.24, 2.45) is 4.99 Å². The lowest BCUT2D eigenvalue weighted by Gasteiger charge is -2.09. The van der Waals surface area contributed by atoms with Gasteiger partial charge in [0, 0.05) is 4.88 Å². The highest BCUT2D eigenvalue weighted by atomic mass is 32.1. The maximum absolute atomic E-state index is 12.3. The van der Waals surface area contributed by atoms with Gasteiger partial charge in [0.1, 0.15) is 6.04 Å². The van der Waals surface area contributed by atoms with E-state index >= 15 is 0 Å². The van der Waals surface area contributed by atoms with Gasteiger partial charge in [-0.25, -0.2) is 4.79 Å². The molecule has 7 heteroatoms. The zero-order chi connectivity index (χ0) is 16.6. The molecular weight excluding hydrogens is 332 g/mol. The van der Waals surface area contributed by atoms with E-state index in [1.165, 1.54) is 22.7 Å². The monoisotopic (exact) mass is 346 g/mol. The molecule has 1 N–H and O–H groups in total. The lowest BCUT2D eigenvalue weighted by molar-refractivity contribution is -0.140. The third-order valence-electron chi connectivity index (χ3n) is 3.43. The van der Waals surface area contributed by atoms with Crippen LogP contribution in [0, 0.1) is 6.92 Å². The van der Waals surface area contributed by atoms with Crippen molar-refractivity contribution in [3.8, 4) is 0 Å². The highest BCUT2D eigenvalue weighted by Gasteiger charge is 2.19. The van der Waals surface area contributed by atoms with Crippen molar-refractivity contribution in [3.05, 3.63) is 51.0 Å². The molecule has 1 amide bonds. The molecule has 0 bridgehead atoms. The summed E-state index contributed by atoms with van der Waals surface area (Å²) in [6.07, 6.45) is 0. The van der Waals surface area contributed by atoms with Gasteiger partial charge in [-0.2, -0.15) is 4.99 Å². The van der Waals surface area contributed by atoms with Crippen molar-refractivity contribution in [3.63, 3.8) is 0 Å². The molecule has 3 rings (SSSR count). The SMILES string of the molecule is Cc1ccc(C(=O)N=c2sc3ccccc3n2C(C)C(=O)O)s1. The molecule has 3 aromatic rings. The molecule has 1 atom stereocenters. The predicted octanol–water partition coefficient (Wildman–Crippen LogP) is 3.46. The van der Waals surface area contributed by atoms with Crippen molar-refractivity contribution < 1.29 is 14.7 Å². The second kappa shape index (κ2) is 6.10. The number of hydrogen-bond acceptors (Lipinski definition) is 4. The Morgan fingerprint density at radius 3 is 2.57 bits per heavy atom. The first-order valence-electron chi connectivity index (χ1n) is 6.96. The van der Waals surface area contributed by atoms with Crippen molar-refractivity contribution in [2.75, 3.05) is 0 Å². The summed E-state index contributed by atoms with van der Waals surface area (Å²) in [4.78, 5) is 29.9. The van der Waals surface area contributed by atoms with Crippen molar-refractivity contribution >= 4 is 44.8 Å². The highest BCUT2D eigenvalue weighted by Crippen LogP contribution is 2.21. The Bertz CT molecular complexity index is 965. The van der Waals surface area contributed by atoms with Crippen LogP contribution in [0.3, 0.4) is 0 Å². The van der Waals surface area contributed by atoms with E-state index < -0.39 is 12.0 Å². The molecule has 0 saturated carbocycles. The first-order valence-corrected chi connectivity index (χ1v) is 8.59. The molecule has 23 heavy (non-hydrogen) atoms. The Kier molecular flexibility index (Phi) is 4.14. The summed E-state index contributed by atoms with van der Waals surface area (Å²) in [6, 6.07) is 10.3. The number of carbonyl (C=O) groups excluding carboxylic acids is 1. The number of aromatic nitrogens is 1. The summed E-state index contributed by atoms with van der Waals surface area (Å²) in [7, 11) is 0. The number of carbonyl (C=O) groups is 2. The number of amides is 1. The molecule has 0 aliphatic rings. The molecule has 1 unspecified atom stereocenters. The molecule has 1 aromatic carbocycles. The van der Waals surface area contributed by atoms with E-state index in [-0.39, 0.29) is 5.91 Å². The smallest absolute Gasteiger partial charge is 0.326 e. The molecule has 2 aromatic heterocycles. The zero-order valence-electron chi connectivity index (χ0n) is 12.5. The first-order chi connectivity index (χ1) is 11.0. The highest BCUT2D eigenvalue weighted by molar-refractivity contribution is 7.16. The number of hydrogen-bond donors (Lipinski definition) is 1. The minimum atomic E-state index is -0.963. The van der Waals surface area contributed by atoms with Gasteiger partial charge >= 0.3 is 5.97 Å². The standard InChI is InChI=1S/C16H14N2O3S2/c1-9-7-8-13(22-9)14(19)17-16-18(10(2)15(20)21)11-5-3-4-6-12(11)23-16/h3-8,10H,1-2H3,(H,20,21). The number of aryl methyl sites for hydroxylation is 1. The Labute approximate surface area is 140 Å². The van der Waals surface area contributed by atoms with Gasteiger partial charge in [0.05, 0.1) is 15.1 Å². The third kappa shape index (κ3) is 2.97. The van der Waals surface area contributed by atoms with E-state index in [2.05, 4.69) is 4.99 Å². The molecule has 0 fully saturated rings. The summed E-state index contributed by atoms with van der Waals surface area (Å²) < 4.78 is 2.50. The predicted molar refractivity (Wildman–Crippen MR) is 91.1 cm³/mol. The number of carboxylic acids is 1. The van der Waals surface area contributed by atoms with Crippen LogP contribution in [0.25, 0.3) is 10.2 Å². The van der Waals surface area contributed by atoms with E-state index in [0.717, 1.165) is 15.1 Å². The maximum Gasteiger partial charge on any atom is 0.326 e. The second-order valence-electron chi connectivity index (χ2n) is 5.06. The van der Waals surface area contributed by atoms with E-state index in [4.69, 9.17) is 0 Å². The fraction of sp³-hybridized carbons (Fsp3) is 0.188. The number of aliphatic carboxylic acids is 1. The normalized spacial score (nSPS) is 13.4. The van der Waals surface area contributed by atoms with Crippen LogP contribution in [0.2, 0.25) is 0 Å². The summed E-state index contributed by atoms with van der Waals surface area (Å²) >= 11 is 2.69. The zero-order valence-corrected chi connectivity index (χ0v) is 14.1. The number of para-hydroxylation sites is 1. The van der Waals surface area contributed by atoms with Gasteiger partial charge in [0.15, 0.2) is 4.80 Å². The summed E-state index contributed by atoms with van der Waals surface area (Å²) in [5, 5.41) is 9.35. The average molecular weight is 346 g/mol. The number of benzene rings is 1. The lowest BCUT2D eigenvalue weighted by Crippen LogP contribution is -2.25. The summed E-state index contributed by atoms with van der Waals surface area (Å²) in [5.41, 5.74) is 0.765. The van der Waals surface area contributed by atoms with E-state index in [1.807, 2.05) is 37.3 Å². The van der Waals surface area contributed by atoms with Gasteiger partial charge in [0.2, 0.25) is 0 Å². The third-order valence-corrected chi connectivity index (χ3v) is 5.45. The molecular formula is C16H14N2O3S2. The van der Waals surface area contributed by atoms with E-state index in [9.17, 15) is 14.7 Å². The molecule has 2 heterocycles. The Hall–Kier alpha value is -2.25. The number of carboxylic acid groups (broad SMARTS) is 1. The molecule has 0 spiro atoms. The number of rotatable bonds is 3. The second-order valence-corrected chi connectivity index (χ2v) is 7.36. The Morgan fingerprint density at radius 2 is 1.91 bits per heavy atom. The van der Waals surface area contributed by atoms with Gasteiger partial charge in [-0.05, 0) is 38.1 Å². The van der Waals surface area contributed by atoms with Crippen LogP contribution in [-0.2, 0) is 4.79 Å². The number of thiophene rings is 1. The number of fused-ring (bicyclic) bond motifs is 1. The molecule has 118 valence electrons. The number of nitrogens with zero attached hydrogens (tertiary/aromatic N) is 2. The number of thiazole rings is 1. The fourth-order valence-corrected chi connectivity index (χ4v) is 4.10. The van der Waals surface area contributed by atoms with Crippen LogP contribution in [0.1, 0.15) is 27.5 Å². The Balaban J connectivity index is 2.20. The lowest BCUT2D eigenvalue weighted by atomic mass is 10.3. The topological polar surface area (TPSA) is 71.7 Å². The molecule has 0 saturated heterocycles. The van der Waals surface area contributed by atoms with Gasteiger partial charge < -0.3 is 9.67 Å². The fourth-order valence-electron chi connectivity index (χ4n) is 2.25. The minimum Gasteiger partial charge on any atom is -0.480 e. The van der Waals surface area contributed by atoms with Gasteiger partial charge in [-0.3, -0.25) is 4.79 Å². The quantitative estimate of drug-likeness (QED) is 0.789. The van der Waals surface area contributed by atoms with Crippen LogP contribution < -0.4 is 4.80 Å². The molecule has 0 aliphatic carbocycles. The van der Waals surface area contributed by atoms with Gasteiger partial charge in [0.25, 0.3) is 5.91 Å². The van der Waals surface area contributed by atoms with E-state index in [0.29, 0.717) is 9.68 Å². The van der Waals surface area contributed by atoms with Gasteiger partial charge in [-0.15, -0.1) is 11.3 Å². The van der Waals surface area contributed by atoms with Crippen molar-refractivity contribution in [1.82, 2.24) is 4.57 Å². The molecule has 5 nitrogen and oxygen atoms in total. The summed E-state index contributed by atoms with van der Waals surface area (Å²) in [6.45, 7) is 3.51. The molecule has 0 radical (unpaired) electrons. The molecule has 0 aliphatic heterocycles. The maximum atomic E-state index is 12.3. The van der Waals surface area contributed by atoms with Crippen LogP contribution in [0.15, 0.2) is 41.4 Å². The van der Waals surface area contributed by atoms with Crippen LogP contribution >= 0.6 is 22.7 Å². The largest absolute Gasteiger partial charge is 0.480 e. The first kappa shape index (κ1) is 15.6. The van der Waals surface area contributed by atoms with Crippen molar-refractivity contribution in [2.45, 2.75) is 19.9 Å². The van der Waals surface area contributed by atoms with Gasteiger partial charge in [-0.1, -0.05) is 23.5 Å². The van der Waals surface area contributed by atoms with Crippen molar-refractivity contribution in [1.29, 1.82) is 0 Å². The van der Waals surface area contributed by atoms with Crippen LogP contribution in [0.5, 0.6) is 0 Å². The minimum absolute atomic E-state index is 0.346. The summed E-state index contributed by atoms with van der Waals surface area (Å²) in [5.74, 6) is -1.31. The van der Waals surface area contributed by atoms with Crippen LogP contribution in [0.4, 0.5) is 0 Å². The van der Waals surface area contributed by atoms with Crippen LogP contribution in [-0.4, -0.2) is 21.6 Å². The Morgan fingerprint density at radius 1 is 1.17 bits per heavy atom. The van der Waals surface area contributed by atoms with E-state index in [1.54, 1.807) is 17.6 Å².